The summed E-state index contributed by atoms with van der Waals surface area (Å²) in [6.07, 6.45) is 6.42. The highest BCUT2D eigenvalue weighted by atomic mass is 35.5. The summed E-state index contributed by atoms with van der Waals surface area (Å²) < 4.78 is 0. The number of anilines is 1. The summed E-state index contributed by atoms with van der Waals surface area (Å²) in [6.45, 7) is 1.77. The van der Waals surface area contributed by atoms with E-state index in [1.165, 1.54) is 0 Å². The SMILES string of the molecule is OC(c1ncc[nH]1)C1CCN(c2ccc(Cl)cn2)CC1. The van der Waals surface area contributed by atoms with Crippen LogP contribution in [-0.4, -0.2) is 33.1 Å². The van der Waals surface area contributed by atoms with E-state index in [0.29, 0.717) is 10.8 Å². The van der Waals surface area contributed by atoms with E-state index in [-0.39, 0.29) is 5.92 Å². The molecule has 0 aromatic carbocycles. The van der Waals surface area contributed by atoms with Crippen LogP contribution < -0.4 is 4.90 Å². The van der Waals surface area contributed by atoms with Crippen LogP contribution >= 0.6 is 11.6 Å². The first-order valence-corrected chi connectivity index (χ1v) is 7.15. The van der Waals surface area contributed by atoms with Crippen LogP contribution in [0.25, 0.3) is 0 Å². The highest BCUT2D eigenvalue weighted by Crippen LogP contribution is 2.30. The number of H-pyrrole nitrogens is 1. The molecule has 3 heterocycles. The minimum atomic E-state index is -0.509. The Morgan fingerprint density at radius 2 is 2.10 bits per heavy atom. The van der Waals surface area contributed by atoms with E-state index in [1.807, 2.05) is 12.1 Å². The van der Waals surface area contributed by atoms with Crippen molar-refractivity contribution in [3.8, 4) is 0 Å². The Balaban J connectivity index is 1.60. The number of aromatic nitrogens is 3. The third-order valence-electron chi connectivity index (χ3n) is 3.82. The first-order valence-electron chi connectivity index (χ1n) is 6.78. The molecule has 0 amide bonds. The number of rotatable bonds is 3. The van der Waals surface area contributed by atoms with Crippen LogP contribution in [0, 0.1) is 5.92 Å². The number of imidazole rings is 1. The van der Waals surface area contributed by atoms with Crippen LogP contribution in [0.4, 0.5) is 5.82 Å². The fourth-order valence-corrected chi connectivity index (χ4v) is 2.77. The van der Waals surface area contributed by atoms with Crippen LogP contribution in [0.2, 0.25) is 5.02 Å². The second-order valence-corrected chi connectivity index (χ2v) is 5.51. The number of aliphatic hydroxyl groups is 1. The van der Waals surface area contributed by atoms with Gasteiger partial charge in [0.25, 0.3) is 0 Å². The fraction of sp³-hybridized carbons (Fsp3) is 0.429. The maximum Gasteiger partial charge on any atom is 0.135 e. The molecule has 0 radical (unpaired) electrons. The zero-order valence-corrected chi connectivity index (χ0v) is 11.8. The number of aliphatic hydroxyl groups excluding tert-OH is 1. The van der Waals surface area contributed by atoms with Gasteiger partial charge in [0.05, 0.1) is 5.02 Å². The average molecular weight is 293 g/mol. The van der Waals surface area contributed by atoms with Crippen LogP contribution in [-0.2, 0) is 0 Å². The minimum Gasteiger partial charge on any atom is -0.385 e. The van der Waals surface area contributed by atoms with Gasteiger partial charge in [-0.15, -0.1) is 0 Å². The number of nitrogens with one attached hydrogen (secondary N) is 1. The molecule has 2 aromatic rings. The largest absolute Gasteiger partial charge is 0.385 e. The van der Waals surface area contributed by atoms with Gasteiger partial charge in [-0.25, -0.2) is 9.97 Å². The molecule has 0 saturated carbocycles. The minimum absolute atomic E-state index is 0.240. The standard InChI is InChI=1S/C14H17ClN4O/c15-11-1-2-12(18-9-11)19-7-3-10(4-8-19)13(20)14-16-5-6-17-14/h1-2,5-6,9-10,13,20H,3-4,7-8H2,(H,16,17). The van der Waals surface area contributed by atoms with Gasteiger partial charge in [0.1, 0.15) is 17.7 Å². The second-order valence-electron chi connectivity index (χ2n) is 5.08. The number of hydrogen-bond donors (Lipinski definition) is 2. The fourth-order valence-electron chi connectivity index (χ4n) is 2.66. The zero-order chi connectivity index (χ0) is 13.9. The van der Waals surface area contributed by atoms with Crippen molar-refractivity contribution in [3.63, 3.8) is 0 Å². The van der Waals surface area contributed by atoms with E-state index < -0.39 is 6.10 Å². The van der Waals surface area contributed by atoms with Crippen molar-refractivity contribution in [1.82, 2.24) is 15.0 Å². The number of hydrogen-bond acceptors (Lipinski definition) is 4. The predicted molar refractivity (Wildman–Crippen MR) is 77.7 cm³/mol. The van der Waals surface area contributed by atoms with Crippen LogP contribution in [0.1, 0.15) is 24.8 Å². The molecule has 6 heteroatoms. The van der Waals surface area contributed by atoms with Crippen LogP contribution in [0.3, 0.4) is 0 Å². The molecule has 1 fully saturated rings. The highest BCUT2D eigenvalue weighted by molar-refractivity contribution is 6.30. The van der Waals surface area contributed by atoms with E-state index in [1.54, 1.807) is 18.6 Å². The van der Waals surface area contributed by atoms with Gasteiger partial charge >= 0.3 is 0 Å². The monoisotopic (exact) mass is 292 g/mol. The summed E-state index contributed by atoms with van der Waals surface area (Å²) in [6, 6.07) is 3.79. The Morgan fingerprint density at radius 3 is 2.70 bits per heavy atom. The summed E-state index contributed by atoms with van der Waals surface area (Å²) in [5.41, 5.74) is 0. The van der Waals surface area contributed by atoms with E-state index >= 15 is 0 Å². The summed E-state index contributed by atoms with van der Waals surface area (Å²) in [4.78, 5) is 13.7. The maximum absolute atomic E-state index is 10.3. The summed E-state index contributed by atoms with van der Waals surface area (Å²) in [5.74, 6) is 1.85. The Hall–Kier alpha value is -1.59. The molecule has 0 aliphatic carbocycles. The highest BCUT2D eigenvalue weighted by Gasteiger charge is 2.27. The molecule has 0 spiro atoms. The van der Waals surface area contributed by atoms with Gasteiger partial charge < -0.3 is 15.0 Å². The number of halogens is 1. The predicted octanol–water partition coefficient (Wildman–Crippen LogP) is 2.41. The summed E-state index contributed by atoms with van der Waals surface area (Å²) in [5, 5.41) is 10.9. The number of piperidine rings is 1. The first-order chi connectivity index (χ1) is 9.74. The van der Waals surface area contributed by atoms with Gasteiger partial charge in [-0.1, -0.05) is 11.6 Å². The second kappa shape index (κ2) is 5.81. The van der Waals surface area contributed by atoms with Crippen molar-refractivity contribution >= 4 is 17.4 Å². The first kappa shape index (κ1) is 13.4. The van der Waals surface area contributed by atoms with Gasteiger partial charge in [-0.3, -0.25) is 0 Å². The van der Waals surface area contributed by atoms with E-state index in [9.17, 15) is 5.11 Å². The molecule has 3 rings (SSSR count). The summed E-state index contributed by atoms with van der Waals surface area (Å²) >= 11 is 5.85. The van der Waals surface area contributed by atoms with Crippen LogP contribution in [0.15, 0.2) is 30.7 Å². The van der Waals surface area contributed by atoms with Crippen molar-refractivity contribution in [2.24, 2.45) is 5.92 Å². The van der Waals surface area contributed by atoms with Gasteiger partial charge in [0.2, 0.25) is 0 Å². The Labute approximate surface area is 122 Å². The smallest absolute Gasteiger partial charge is 0.135 e. The van der Waals surface area contributed by atoms with Crippen LogP contribution in [0.5, 0.6) is 0 Å². The van der Waals surface area contributed by atoms with E-state index in [4.69, 9.17) is 11.6 Å². The van der Waals surface area contributed by atoms with Gasteiger partial charge in [-0.2, -0.15) is 0 Å². The van der Waals surface area contributed by atoms with Crippen molar-refractivity contribution < 1.29 is 5.11 Å². The Kier molecular flexibility index (Phi) is 3.89. The van der Waals surface area contributed by atoms with Crippen molar-refractivity contribution in [3.05, 3.63) is 41.6 Å². The molecule has 1 saturated heterocycles. The molecule has 1 aliphatic rings. The zero-order valence-electron chi connectivity index (χ0n) is 11.0. The Morgan fingerprint density at radius 1 is 1.30 bits per heavy atom. The topological polar surface area (TPSA) is 65.0 Å². The third-order valence-corrected chi connectivity index (χ3v) is 4.05. The molecule has 0 bridgehead atoms. The molecule has 1 aliphatic heterocycles. The normalized spacial score (nSPS) is 18.2. The molecule has 5 nitrogen and oxygen atoms in total. The molecular weight excluding hydrogens is 276 g/mol. The molecule has 20 heavy (non-hydrogen) atoms. The lowest BCUT2D eigenvalue weighted by atomic mass is 9.91. The molecule has 106 valence electrons. The number of nitrogens with zero attached hydrogens (tertiary/aromatic N) is 3. The lowest BCUT2D eigenvalue weighted by molar-refractivity contribution is 0.0856. The van der Waals surface area contributed by atoms with Gasteiger partial charge in [-0.05, 0) is 30.9 Å². The van der Waals surface area contributed by atoms with E-state index in [0.717, 1.165) is 31.7 Å². The number of aromatic amines is 1. The lowest BCUT2D eigenvalue weighted by Gasteiger charge is -2.34. The average Bonchev–Trinajstić information content (AvgIpc) is 3.02. The maximum atomic E-state index is 10.3. The van der Waals surface area contributed by atoms with Gasteiger partial charge in [0.15, 0.2) is 0 Å². The molecule has 2 aromatic heterocycles. The molecule has 2 N–H and O–H groups in total. The molecular formula is C14H17ClN4O. The van der Waals surface area contributed by atoms with E-state index in [2.05, 4.69) is 19.9 Å². The molecule has 1 unspecified atom stereocenters. The van der Waals surface area contributed by atoms with Crippen molar-refractivity contribution in [1.29, 1.82) is 0 Å². The lowest BCUT2D eigenvalue weighted by Crippen LogP contribution is -2.36. The van der Waals surface area contributed by atoms with Gasteiger partial charge in [0, 0.05) is 31.7 Å². The quantitative estimate of drug-likeness (QED) is 0.912. The van der Waals surface area contributed by atoms with Crippen molar-refractivity contribution in [2.75, 3.05) is 18.0 Å². The number of pyridine rings is 1. The van der Waals surface area contributed by atoms with Crippen molar-refractivity contribution in [2.45, 2.75) is 18.9 Å². The summed E-state index contributed by atoms with van der Waals surface area (Å²) in [7, 11) is 0. The Bertz CT molecular complexity index is 535. The molecule has 1 atom stereocenters. The third kappa shape index (κ3) is 2.78.